The number of nitro benzene ring substituents is 1. The standard InChI is InChI=1S/C9H11ClN2O3/c1-2-15-11-6-7-3-4-8(10)5-9(7)12(13)14/h3-5,11H,2,6H2,1H3. The van der Waals surface area contributed by atoms with Crippen LogP contribution in [-0.2, 0) is 11.4 Å². The molecular formula is C9H11ClN2O3. The van der Waals surface area contributed by atoms with Crippen LogP contribution in [0.4, 0.5) is 5.69 Å². The second-order valence-corrected chi connectivity index (χ2v) is 3.22. The Bertz CT molecular complexity index is 357. The van der Waals surface area contributed by atoms with Gasteiger partial charge in [0.25, 0.3) is 5.69 Å². The van der Waals surface area contributed by atoms with E-state index in [0.717, 1.165) is 0 Å². The predicted molar refractivity (Wildman–Crippen MR) is 56.6 cm³/mol. The number of rotatable bonds is 5. The third kappa shape index (κ3) is 3.47. The zero-order valence-corrected chi connectivity index (χ0v) is 8.95. The van der Waals surface area contributed by atoms with Crippen LogP contribution in [0.3, 0.4) is 0 Å². The molecule has 15 heavy (non-hydrogen) atoms. The lowest BCUT2D eigenvalue weighted by molar-refractivity contribution is -0.385. The van der Waals surface area contributed by atoms with Crippen LogP contribution in [0, 0.1) is 10.1 Å². The average molecular weight is 231 g/mol. The van der Waals surface area contributed by atoms with Gasteiger partial charge in [0, 0.05) is 16.7 Å². The predicted octanol–water partition coefficient (Wildman–Crippen LogP) is 2.29. The Labute approximate surface area is 92.1 Å². The van der Waals surface area contributed by atoms with Crippen molar-refractivity contribution < 1.29 is 9.76 Å². The fourth-order valence-electron chi connectivity index (χ4n) is 1.09. The van der Waals surface area contributed by atoms with Crippen molar-refractivity contribution in [3.05, 3.63) is 38.9 Å². The van der Waals surface area contributed by atoms with E-state index in [4.69, 9.17) is 16.4 Å². The lowest BCUT2D eigenvalue weighted by Crippen LogP contribution is -2.14. The molecule has 1 aromatic carbocycles. The van der Waals surface area contributed by atoms with E-state index in [1.165, 1.54) is 6.07 Å². The summed E-state index contributed by atoms with van der Waals surface area (Å²) in [6, 6.07) is 4.54. The summed E-state index contributed by atoms with van der Waals surface area (Å²) in [5, 5.41) is 11.0. The Morgan fingerprint density at radius 2 is 2.33 bits per heavy atom. The van der Waals surface area contributed by atoms with Gasteiger partial charge in [-0.25, -0.2) is 0 Å². The van der Waals surface area contributed by atoms with Crippen molar-refractivity contribution in [1.29, 1.82) is 0 Å². The van der Waals surface area contributed by atoms with Gasteiger partial charge in [-0.2, -0.15) is 5.48 Å². The Kier molecular flexibility index (Phi) is 4.48. The van der Waals surface area contributed by atoms with E-state index < -0.39 is 4.92 Å². The SMILES string of the molecule is CCONCc1ccc(Cl)cc1[N+](=O)[O-]. The highest BCUT2D eigenvalue weighted by atomic mass is 35.5. The highest BCUT2D eigenvalue weighted by molar-refractivity contribution is 6.30. The molecular weight excluding hydrogens is 220 g/mol. The molecule has 1 aromatic rings. The number of nitro groups is 1. The Morgan fingerprint density at radius 3 is 2.93 bits per heavy atom. The van der Waals surface area contributed by atoms with Gasteiger partial charge in [-0.1, -0.05) is 11.6 Å². The smallest absolute Gasteiger partial charge is 0.275 e. The molecule has 0 radical (unpaired) electrons. The molecule has 0 bridgehead atoms. The summed E-state index contributed by atoms with van der Waals surface area (Å²) in [6.07, 6.45) is 0. The maximum Gasteiger partial charge on any atom is 0.275 e. The van der Waals surface area contributed by atoms with Gasteiger partial charge in [0.1, 0.15) is 0 Å². The van der Waals surface area contributed by atoms with Crippen LogP contribution in [0.5, 0.6) is 0 Å². The van der Waals surface area contributed by atoms with Crippen LogP contribution in [0.2, 0.25) is 5.02 Å². The van der Waals surface area contributed by atoms with E-state index in [1.54, 1.807) is 12.1 Å². The first-order valence-electron chi connectivity index (χ1n) is 4.42. The van der Waals surface area contributed by atoms with E-state index in [2.05, 4.69) is 5.48 Å². The molecule has 0 saturated carbocycles. The molecule has 5 nitrogen and oxygen atoms in total. The number of hydrogen-bond donors (Lipinski definition) is 1. The minimum atomic E-state index is -0.463. The number of nitrogens with one attached hydrogen (secondary N) is 1. The molecule has 1 N–H and O–H groups in total. The first-order chi connectivity index (χ1) is 7.15. The summed E-state index contributed by atoms with van der Waals surface area (Å²) >= 11 is 5.67. The minimum absolute atomic E-state index is 0.00490. The Morgan fingerprint density at radius 1 is 1.60 bits per heavy atom. The Balaban J connectivity index is 2.81. The molecule has 0 aliphatic rings. The molecule has 0 saturated heterocycles. The van der Waals surface area contributed by atoms with Crippen LogP contribution < -0.4 is 5.48 Å². The molecule has 6 heteroatoms. The van der Waals surface area contributed by atoms with Gasteiger partial charge in [0.15, 0.2) is 0 Å². The van der Waals surface area contributed by atoms with Crippen LogP contribution in [-0.4, -0.2) is 11.5 Å². The van der Waals surface area contributed by atoms with E-state index >= 15 is 0 Å². The third-order valence-corrected chi connectivity index (χ3v) is 1.99. The quantitative estimate of drug-likeness (QED) is 0.479. The van der Waals surface area contributed by atoms with Crippen molar-refractivity contribution in [2.75, 3.05) is 6.61 Å². The van der Waals surface area contributed by atoms with E-state index in [0.29, 0.717) is 17.2 Å². The summed E-state index contributed by atoms with van der Waals surface area (Å²) in [5.74, 6) is 0. The largest absolute Gasteiger partial charge is 0.302 e. The Hall–Kier alpha value is -1.17. The lowest BCUT2D eigenvalue weighted by Gasteiger charge is -2.04. The van der Waals surface area contributed by atoms with Crippen LogP contribution in [0.25, 0.3) is 0 Å². The number of benzene rings is 1. The van der Waals surface area contributed by atoms with E-state index in [1.807, 2.05) is 6.92 Å². The van der Waals surface area contributed by atoms with Crippen molar-refractivity contribution in [2.45, 2.75) is 13.5 Å². The van der Waals surface area contributed by atoms with Gasteiger partial charge in [-0.05, 0) is 19.1 Å². The van der Waals surface area contributed by atoms with Gasteiger partial charge < -0.3 is 4.84 Å². The molecule has 0 spiro atoms. The summed E-state index contributed by atoms with van der Waals surface area (Å²) in [4.78, 5) is 15.1. The molecule has 0 heterocycles. The zero-order valence-electron chi connectivity index (χ0n) is 8.20. The molecule has 0 amide bonds. The molecule has 82 valence electrons. The highest BCUT2D eigenvalue weighted by Gasteiger charge is 2.13. The molecule has 0 aliphatic heterocycles. The summed E-state index contributed by atoms with van der Waals surface area (Å²) in [5.41, 5.74) is 3.15. The second kappa shape index (κ2) is 5.65. The first kappa shape index (κ1) is 11.9. The molecule has 0 atom stereocenters. The number of halogens is 1. The van der Waals surface area contributed by atoms with Crippen molar-refractivity contribution in [3.8, 4) is 0 Å². The maximum absolute atomic E-state index is 10.7. The van der Waals surface area contributed by atoms with E-state index in [9.17, 15) is 10.1 Å². The van der Waals surface area contributed by atoms with Crippen LogP contribution in [0.15, 0.2) is 18.2 Å². The maximum atomic E-state index is 10.7. The second-order valence-electron chi connectivity index (χ2n) is 2.78. The lowest BCUT2D eigenvalue weighted by atomic mass is 10.2. The summed E-state index contributed by atoms with van der Waals surface area (Å²) < 4.78 is 0. The van der Waals surface area contributed by atoms with Crippen LogP contribution in [0.1, 0.15) is 12.5 Å². The van der Waals surface area contributed by atoms with Gasteiger partial charge in [0.2, 0.25) is 0 Å². The average Bonchev–Trinajstić information content (AvgIpc) is 2.20. The van der Waals surface area contributed by atoms with Gasteiger partial charge in [-0.3, -0.25) is 10.1 Å². The van der Waals surface area contributed by atoms with Gasteiger partial charge >= 0.3 is 0 Å². The van der Waals surface area contributed by atoms with Gasteiger partial charge in [-0.15, -0.1) is 0 Å². The van der Waals surface area contributed by atoms with Crippen molar-refractivity contribution in [2.24, 2.45) is 0 Å². The normalized spacial score (nSPS) is 10.3. The van der Waals surface area contributed by atoms with Crippen LogP contribution >= 0.6 is 11.6 Å². The molecule has 0 unspecified atom stereocenters. The van der Waals surface area contributed by atoms with Crippen molar-refractivity contribution in [1.82, 2.24) is 5.48 Å². The third-order valence-electron chi connectivity index (χ3n) is 1.75. The van der Waals surface area contributed by atoms with Crippen molar-refractivity contribution >= 4 is 17.3 Å². The first-order valence-corrected chi connectivity index (χ1v) is 4.80. The number of hydroxylamine groups is 1. The zero-order chi connectivity index (χ0) is 11.3. The van der Waals surface area contributed by atoms with Gasteiger partial charge in [0.05, 0.1) is 18.1 Å². The molecule has 0 aromatic heterocycles. The summed E-state index contributed by atoms with van der Waals surface area (Å²) in [6.45, 7) is 2.60. The monoisotopic (exact) mass is 230 g/mol. The fraction of sp³-hybridized carbons (Fsp3) is 0.333. The minimum Gasteiger partial charge on any atom is -0.302 e. The topological polar surface area (TPSA) is 64.4 Å². The highest BCUT2D eigenvalue weighted by Crippen LogP contribution is 2.22. The molecule has 0 fully saturated rings. The van der Waals surface area contributed by atoms with E-state index in [-0.39, 0.29) is 12.2 Å². The molecule has 1 rings (SSSR count). The van der Waals surface area contributed by atoms with Crippen molar-refractivity contribution in [3.63, 3.8) is 0 Å². The number of hydrogen-bond acceptors (Lipinski definition) is 4. The fourth-order valence-corrected chi connectivity index (χ4v) is 1.25. The number of nitrogens with zero attached hydrogens (tertiary/aromatic N) is 1. The summed E-state index contributed by atoms with van der Waals surface area (Å²) in [7, 11) is 0. The molecule has 0 aliphatic carbocycles.